The van der Waals surface area contributed by atoms with E-state index in [-0.39, 0.29) is 0 Å². The summed E-state index contributed by atoms with van der Waals surface area (Å²) in [4.78, 5) is 2.63. The summed E-state index contributed by atoms with van der Waals surface area (Å²) in [6, 6.07) is 9.90. The van der Waals surface area contributed by atoms with E-state index in [1.807, 2.05) is 0 Å². The van der Waals surface area contributed by atoms with Gasteiger partial charge in [-0.3, -0.25) is 0 Å². The molecule has 2 nitrogen and oxygen atoms in total. The Balaban J connectivity index is 2.06. The maximum atomic E-state index is 3.38. The van der Waals surface area contributed by atoms with Crippen LogP contribution in [0, 0.1) is 0 Å². The lowest BCUT2D eigenvalue weighted by atomic mass is 10.1. The van der Waals surface area contributed by atoms with Gasteiger partial charge < -0.3 is 10.2 Å². The minimum absolute atomic E-state index is 0.738. The number of nitrogens with zero attached hydrogens (tertiary/aromatic N) is 1. The summed E-state index contributed by atoms with van der Waals surface area (Å²) in [6.07, 6.45) is 6.75. The van der Waals surface area contributed by atoms with Crippen molar-refractivity contribution >= 4 is 5.69 Å². The van der Waals surface area contributed by atoms with Gasteiger partial charge in [-0.15, -0.1) is 0 Å². The molecule has 1 aromatic rings. The second kappa shape index (κ2) is 7.54. The highest BCUT2D eigenvalue weighted by Crippen LogP contribution is 2.26. The molecule has 0 amide bonds. The molecule has 1 unspecified atom stereocenters. The van der Waals surface area contributed by atoms with Crippen LogP contribution in [0.25, 0.3) is 0 Å². The van der Waals surface area contributed by atoms with Crippen molar-refractivity contribution in [2.45, 2.75) is 58.5 Å². The molecule has 1 aromatic carbocycles. The van der Waals surface area contributed by atoms with Gasteiger partial charge in [-0.25, -0.2) is 0 Å². The number of nitrogens with one attached hydrogen (secondary N) is 1. The third kappa shape index (κ3) is 3.97. The first-order valence-electron chi connectivity index (χ1n) is 7.91. The first-order valence-corrected chi connectivity index (χ1v) is 7.91. The Hall–Kier alpha value is -1.02. The lowest BCUT2D eigenvalue weighted by molar-refractivity contribution is 0.556. The second-order valence-electron chi connectivity index (χ2n) is 5.55. The summed E-state index contributed by atoms with van der Waals surface area (Å²) in [5.74, 6) is 0. The molecule has 0 aromatic heterocycles. The van der Waals surface area contributed by atoms with Crippen molar-refractivity contribution in [3.05, 3.63) is 29.8 Å². The molecule has 1 fully saturated rings. The van der Waals surface area contributed by atoms with Crippen molar-refractivity contribution in [2.75, 3.05) is 18.0 Å². The van der Waals surface area contributed by atoms with Gasteiger partial charge in [-0.05, 0) is 43.5 Å². The van der Waals surface area contributed by atoms with E-state index in [1.165, 1.54) is 49.9 Å². The Morgan fingerprint density at radius 3 is 2.58 bits per heavy atom. The van der Waals surface area contributed by atoms with Crippen molar-refractivity contribution in [1.29, 1.82) is 0 Å². The number of hydrogen-bond acceptors (Lipinski definition) is 2. The fourth-order valence-electron chi connectivity index (χ4n) is 3.02. The van der Waals surface area contributed by atoms with E-state index in [0.717, 1.165) is 19.1 Å². The van der Waals surface area contributed by atoms with Crippen LogP contribution in [0.3, 0.4) is 0 Å². The van der Waals surface area contributed by atoms with E-state index in [9.17, 15) is 0 Å². The lowest BCUT2D eigenvalue weighted by Gasteiger charge is -2.31. The van der Waals surface area contributed by atoms with Gasteiger partial charge >= 0.3 is 0 Å². The second-order valence-corrected chi connectivity index (χ2v) is 5.55. The smallest absolute Gasteiger partial charge is 0.0368 e. The van der Waals surface area contributed by atoms with Gasteiger partial charge in [0.05, 0.1) is 0 Å². The van der Waals surface area contributed by atoms with Crippen molar-refractivity contribution < 1.29 is 0 Å². The average Bonchev–Trinajstić information content (AvgIpc) is 2.70. The highest BCUT2D eigenvalue weighted by molar-refractivity contribution is 5.48. The molecule has 1 saturated heterocycles. The van der Waals surface area contributed by atoms with Gasteiger partial charge in [-0.1, -0.05) is 38.8 Å². The Labute approximate surface area is 118 Å². The van der Waals surface area contributed by atoms with Gasteiger partial charge in [0.25, 0.3) is 0 Å². The number of anilines is 1. The normalized spacial score (nSPS) is 20.3. The monoisotopic (exact) mass is 260 g/mol. The van der Waals surface area contributed by atoms with Crippen molar-refractivity contribution in [2.24, 2.45) is 0 Å². The van der Waals surface area contributed by atoms with Gasteiger partial charge in [-0.2, -0.15) is 0 Å². The molecule has 1 atom stereocenters. The van der Waals surface area contributed by atoms with Crippen LogP contribution in [0.2, 0.25) is 0 Å². The predicted octanol–water partition coefficient (Wildman–Crippen LogP) is 3.96. The molecule has 1 heterocycles. The summed E-state index contributed by atoms with van der Waals surface area (Å²) >= 11 is 0. The fourth-order valence-corrected chi connectivity index (χ4v) is 3.02. The van der Waals surface area contributed by atoms with E-state index in [4.69, 9.17) is 0 Å². The van der Waals surface area contributed by atoms with Gasteiger partial charge in [0.15, 0.2) is 0 Å². The maximum absolute atomic E-state index is 3.38. The molecule has 19 heavy (non-hydrogen) atoms. The van der Waals surface area contributed by atoms with Gasteiger partial charge in [0, 0.05) is 24.8 Å². The fraction of sp³-hybridized carbons (Fsp3) is 0.647. The van der Waals surface area contributed by atoms with E-state index in [0.29, 0.717) is 0 Å². The average molecular weight is 260 g/mol. The van der Waals surface area contributed by atoms with Crippen LogP contribution in [-0.4, -0.2) is 19.1 Å². The summed E-state index contributed by atoms with van der Waals surface area (Å²) < 4.78 is 0. The lowest BCUT2D eigenvalue weighted by Crippen LogP contribution is -2.34. The van der Waals surface area contributed by atoms with Crippen molar-refractivity contribution in [3.8, 4) is 0 Å². The van der Waals surface area contributed by atoms with E-state index in [1.54, 1.807) is 0 Å². The molecule has 106 valence electrons. The van der Waals surface area contributed by atoms with Crippen LogP contribution >= 0.6 is 0 Å². The molecule has 0 saturated carbocycles. The zero-order valence-corrected chi connectivity index (χ0v) is 12.5. The molecule has 0 spiro atoms. The van der Waals surface area contributed by atoms with Crippen LogP contribution in [-0.2, 0) is 6.54 Å². The van der Waals surface area contributed by atoms with E-state index < -0.39 is 0 Å². The molecule has 2 rings (SSSR count). The van der Waals surface area contributed by atoms with Gasteiger partial charge in [0.1, 0.15) is 0 Å². The van der Waals surface area contributed by atoms with Crippen LogP contribution < -0.4 is 10.2 Å². The standard InChI is InChI=1S/C17H28N2/c1-3-16-8-6-5-7-13-19(16)17-11-9-15(10-12-17)14-18-4-2/h9-12,16,18H,3-8,13-14H2,1-2H3. The topological polar surface area (TPSA) is 15.3 Å². The zero-order chi connectivity index (χ0) is 13.5. The highest BCUT2D eigenvalue weighted by atomic mass is 15.2. The molecule has 1 N–H and O–H groups in total. The Bertz CT molecular complexity index is 358. The molecule has 1 aliphatic rings. The number of benzene rings is 1. The minimum atomic E-state index is 0.738. The summed E-state index contributed by atoms with van der Waals surface area (Å²) in [7, 11) is 0. The largest absolute Gasteiger partial charge is 0.369 e. The quantitative estimate of drug-likeness (QED) is 0.862. The third-order valence-electron chi connectivity index (χ3n) is 4.20. The Morgan fingerprint density at radius 1 is 1.11 bits per heavy atom. The zero-order valence-electron chi connectivity index (χ0n) is 12.5. The molecular weight excluding hydrogens is 232 g/mol. The maximum Gasteiger partial charge on any atom is 0.0368 e. The van der Waals surface area contributed by atoms with E-state index in [2.05, 4.69) is 48.3 Å². The number of hydrogen-bond donors (Lipinski definition) is 1. The molecule has 0 bridgehead atoms. The molecule has 2 heteroatoms. The molecular formula is C17H28N2. The van der Waals surface area contributed by atoms with Crippen LogP contribution in [0.4, 0.5) is 5.69 Å². The molecule has 1 aliphatic heterocycles. The Kier molecular flexibility index (Phi) is 5.71. The van der Waals surface area contributed by atoms with Gasteiger partial charge in [0.2, 0.25) is 0 Å². The van der Waals surface area contributed by atoms with Crippen molar-refractivity contribution in [1.82, 2.24) is 5.32 Å². The highest BCUT2D eigenvalue weighted by Gasteiger charge is 2.19. The minimum Gasteiger partial charge on any atom is -0.369 e. The molecule has 0 aliphatic carbocycles. The van der Waals surface area contributed by atoms with E-state index >= 15 is 0 Å². The van der Waals surface area contributed by atoms with Crippen LogP contribution in [0.5, 0.6) is 0 Å². The summed E-state index contributed by atoms with van der Waals surface area (Å²) in [5.41, 5.74) is 2.79. The number of rotatable bonds is 5. The summed E-state index contributed by atoms with van der Waals surface area (Å²) in [6.45, 7) is 7.71. The molecule has 0 radical (unpaired) electrons. The first kappa shape index (κ1) is 14.4. The first-order chi connectivity index (χ1) is 9.35. The third-order valence-corrected chi connectivity index (χ3v) is 4.20. The van der Waals surface area contributed by atoms with Crippen LogP contribution in [0.15, 0.2) is 24.3 Å². The van der Waals surface area contributed by atoms with Crippen molar-refractivity contribution in [3.63, 3.8) is 0 Å². The predicted molar refractivity (Wildman–Crippen MR) is 83.7 cm³/mol. The van der Waals surface area contributed by atoms with Crippen LogP contribution in [0.1, 0.15) is 51.5 Å². The summed E-state index contributed by atoms with van der Waals surface area (Å²) in [5, 5.41) is 3.38. The SMILES string of the molecule is CCNCc1ccc(N2CCCCCC2CC)cc1. The Morgan fingerprint density at radius 2 is 1.89 bits per heavy atom.